The Kier molecular flexibility index (Phi) is 9.68. The summed E-state index contributed by atoms with van der Waals surface area (Å²) in [4.78, 5) is 0. The van der Waals surface area contributed by atoms with Crippen LogP contribution in [-0.2, 0) is 4.43 Å². The van der Waals surface area contributed by atoms with E-state index in [-0.39, 0.29) is 0 Å². The van der Waals surface area contributed by atoms with Gasteiger partial charge in [-0.1, -0.05) is 76.7 Å². The Morgan fingerprint density at radius 3 is 1.85 bits per heavy atom. The van der Waals surface area contributed by atoms with Crippen LogP contribution in [0.1, 0.15) is 5.56 Å². The largest absolute Gasteiger partial charge is 0.404 e. The van der Waals surface area contributed by atoms with Gasteiger partial charge in [-0.15, -0.1) is 39.5 Å². The van der Waals surface area contributed by atoms with Crippen molar-refractivity contribution < 1.29 is 4.43 Å². The molecule has 0 amide bonds. The normalized spacial score (nSPS) is 11.9. The maximum absolute atomic E-state index is 6.14. The molecule has 4 heteroatoms. The number of benzene rings is 1. The van der Waals surface area contributed by atoms with Gasteiger partial charge in [0.25, 0.3) is 8.32 Å². The third-order valence-corrected chi connectivity index (χ3v) is 10.7. The predicted molar refractivity (Wildman–Crippen MR) is 126 cm³/mol. The van der Waals surface area contributed by atoms with Crippen LogP contribution in [0.2, 0.25) is 0 Å². The van der Waals surface area contributed by atoms with Gasteiger partial charge >= 0.3 is 0 Å². The molecule has 1 aromatic carbocycles. The Bertz CT molecular complexity index is 650. The minimum Gasteiger partial charge on any atom is -0.404 e. The second kappa shape index (κ2) is 11.5. The first-order valence-corrected chi connectivity index (χ1v) is 13.3. The van der Waals surface area contributed by atoms with E-state index in [1.165, 1.54) is 5.56 Å². The van der Waals surface area contributed by atoms with E-state index < -0.39 is 16.6 Å². The second-order valence-corrected chi connectivity index (χ2v) is 12.9. The molecule has 0 radical (unpaired) electrons. The number of hydrogen-bond acceptors (Lipinski definition) is 2. The summed E-state index contributed by atoms with van der Waals surface area (Å²) in [5, 5.41) is 0. The fraction of sp³-hybridized carbons (Fsp3) is 0.130. The highest BCUT2D eigenvalue weighted by Crippen LogP contribution is 2.16. The van der Waals surface area contributed by atoms with Gasteiger partial charge in [0, 0.05) is 19.7 Å². The molecular weight excluding hydrogens is 362 g/mol. The number of nitrogens with zero attached hydrogens (tertiary/aromatic N) is 1. The van der Waals surface area contributed by atoms with Crippen LogP contribution in [-0.4, -0.2) is 40.8 Å². The summed E-state index contributed by atoms with van der Waals surface area (Å²) < 4.78 is 8.49. The zero-order chi connectivity index (χ0) is 20.2. The summed E-state index contributed by atoms with van der Waals surface area (Å²) in [7, 11) is -4.45. The van der Waals surface area contributed by atoms with Crippen molar-refractivity contribution in [3.05, 3.63) is 116 Å². The van der Waals surface area contributed by atoms with Crippen LogP contribution in [0.5, 0.6) is 0 Å². The first-order chi connectivity index (χ1) is 13.0. The van der Waals surface area contributed by atoms with Gasteiger partial charge in [-0.3, -0.25) is 0 Å². The van der Waals surface area contributed by atoms with Crippen molar-refractivity contribution in [3.8, 4) is 0 Å². The van der Waals surface area contributed by atoms with Gasteiger partial charge in [0.15, 0.2) is 0 Å². The lowest BCUT2D eigenvalue weighted by atomic mass is 10.2. The Morgan fingerprint density at radius 2 is 1.37 bits per heavy atom. The van der Waals surface area contributed by atoms with Crippen LogP contribution in [0.15, 0.2) is 110 Å². The molecule has 0 saturated heterocycles. The van der Waals surface area contributed by atoms with Crippen LogP contribution in [0.25, 0.3) is 6.08 Å². The molecule has 0 unspecified atom stereocenters. The minimum absolute atomic E-state index is 0.555. The maximum Gasteiger partial charge on any atom is 0.264 e. The first-order valence-electron chi connectivity index (χ1n) is 8.97. The molecule has 0 fully saturated rings. The average Bonchev–Trinajstić information content (AvgIpc) is 2.73. The van der Waals surface area contributed by atoms with Crippen LogP contribution >= 0.6 is 0 Å². The quantitative estimate of drug-likeness (QED) is 0.400. The molecule has 27 heavy (non-hydrogen) atoms. The lowest BCUT2D eigenvalue weighted by Crippen LogP contribution is -2.51. The van der Waals surface area contributed by atoms with Crippen molar-refractivity contribution in [3.63, 3.8) is 0 Å². The van der Waals surface area contributed by atoms with E-state index in [2.05, 4.69) is 68.3 Å². The van der Waals surface area contributed by atoms with Crippen LogP contribution in [0.3, 0.4) is 0 Å². The summed E-state index contributed by atoms with van der Waals surface area (Å²) in [5.41, 5.74) is 12.7. The average molecular weight is 394 g/mol. The Morgan fingerprint density at radius 1 is 0.815 bits per heavy atom. The van der Waals surface area contributed by atoms with Gasteiger partial charge in [-0.05, 0) is 5.56 Å². The fourth-order valence-corrected chi connectivity index (χ4v) is 6.19. The Balaban J connectivity index is 2.92. The van der Waals surface area contributed by atoms with Gasteiger partial charge in [0.2, 0.25) is 8.24 Å². The van der Waals surface area contributed by atoms with Crippen LogP contribution in [0, 0.1) is 0 Å². The topological polar surface area (TPSA) is 12.5 Å². The van der Waals surface area contributed by atoms with Gasteiger partial charge in [0.1, 0.15) is 0 Å². The second-order valence-electron chi connectivity index (χ2n) is 6.07. The fourth-order valence-electron chi connectivity index (χ4n) is 2.72. The van der Waals surface area contributed by atoms with Crippen molar-refractivity contribution in [1.82, 2.24) is 4.57 Å². The highest BCUT2D eigenvalue weighted by molar-refractivity contribution is 6.90. The van der Waals surface area contributed by atoms with E-state index >= 15 is 0 Å². The number of rotatable bonds is 14. The highest BCUT2D eigenvalue weighted by atomic mass is 28.4. The van der Waals surface area contributed by atoms with Gasteiger partial charge in [0.05, 0.1) is 0 Å². The summed E-state index contributed by atoms with van der Waals surface area (Å²) >= 11 is 0. The molecule has 0 heterocycles. The molecule has 2 nitrogen and oxygen atoms in total. The molecule has 0 saturated carbocycles. The third kappa shape index (κ3) is 6.15. The van der Waals surface area contributed by atoms with Crippen molar-refractivity contribution >= 4 is 22.6 Å². The van der Waals surface area contributed by atoms with E-state index in [0.717, 1.165) is 13.1 Å². The van der Waals surface area contributed by atoms with E-state index in [1.54, 1.807) is 0 Å². The van der Waals surface area contributed by atoms with Crippen molar-refractivity contribution in [2.75, 3.05) is 19.7 Å². The SMILES string of the molecule is C=C[Si](C=C)(C=C)OCCN(C/C=C/c1ccccc1)[Si](C=C)(C=C)C=C. The molecule has 0 bridgehead atoms. The molecule has 1 rings (SSSR count). The highest BCUT2D eigenvalue weighted by Gasteiger charge is 2.31. The molecule has 0 spiro atoms. The summed E-state index contributed by atoms with van der Waals surface area (Å²) in [6.45, 7) is 25.8. The lowest BCUT2D eigenvalue weighted by molar-refractivity contribution is 0.281. The van der Waals surface area contributed by atoms with Gasteiger partial charge < -0.3 is 8.99 Å². The predicted octanol–water partition coefficient (Wildman–Crippen LogP) is 5.26. The Labute approximate surface area is 167 Å². The number of hydrogen-bond donors (Lipinski definition) is 0. The minimum atomic E-state index is -2.27. The smallest absolute Gasteiger partial charge is 0.264 e. The molecule has 0 aliphatic carbocycles. The molecule has 0 atom stereocenters. The summed E-state index contributed by atoms with van der Waals surface area (Å²) in [6, 6.07) is 10.3. The first kappa shape index (κ1) is 22.8. The third-order valence-electron chi connectivity index (χ3n) is 4.63. The molecule has 0 aromatic heterocycles. The molecule has 0 N–H and O–H groups in total. The Hall–Kier alpha value is -2.25. The van der Waals surface area contributed by atoms with Crippen molar-refractivity contribution in [2.24, 2.45) is 0 Å². The van der Waals surface area contributed by atoms with E-state index in [1.807, 2.05) is 52.4 Å². The van der Waals surface area contributed by atoms with Crippen LogP contribution in [0.4, 0.5) is 0 Å². The van der Waals surface area contributed by atoms with E-state index in [4.69, 9.17) is 4.43 Å². The van der Waals surface area contributed by atoms with Crippen molar-refractivity contribution in [2.45, 2.75) is 0 Å². The van der Waals surface area contributed by atoms with Gasteiger partial charge in [-0.2, -0.15) is 0 Å². The summed E-state index contributed by atoms with van der Waals surface area (Å²) in [5.74, 6) is 0. The lowest BCUT2D eigenvalue weighted by Gasteiger charge is -2.35. The maximum atomic E-state index is 6.14. The van der Waals surface area contributed by atoms with E-state index in [0.29, 0.717) is 6.61 Å². The molecule has 142 valence electrons. The molecule has 0 aliphatic rings. The van der Waals surface area contributed by atoms with Crippen molar-refractivity contribution in [1.29, 1.82) is 0 Å². The zero-order valence-electron chi connectivity index (χ0n) is 16.2. The monoisotopic (exact) mass is 393 g/mol. The molecule has 1 aromatic rings. The standard InChI is InChI=1S/C23H31NOSi2/c1-7-26(8-2,9-3)24(20-16-19-23-17-14-13-15-18-23)21-22-25-27(10-4,11-5)12-6/h7-19H,1-6,20-22H2/b19-16+. The molecular formula is C23H31NOSi2. The van der Waals surface area contributed by atoms with Crippen LogP contribution < -0.4 is 0 Å². The summed E-state index contributed by atoms with van der Waals surface area (Å²) in [6.07, 6.45) is 4.28. The van der Waals surface area contributed by atoms with E-state index in [9.17, 15) is 0 Å². The zero-order valence-corrected chi connectivity index (χ0v) is 18.2. The van der Waals surface area contributed by atoms with Gasteiger partial charge in [-0.25, -0.2) is 0 Å². The molecule has 0 aliphatic heterocycles.